The molecule has 1 rings (SSSR count). The number of halogens is 1. The molecule has 0 spiro atoms. The third kappa shape index (κ3) is 4.19. The van der Waals surface area contributed by atoms with E-state index in [9.17, 15) is 0 Å². The normalized spacial score (nSPS) is 13.4. The van der Waals surface area contributed by atoms with Gasteiger partial charge in [0.05, 0.1) is 16.4 Å². The first-order valence-corrected chi connectivity index (χ1v) is 7.45. The van der Waals surface area contributed by atoms with E-state index in [2.05, 4.69) is 25.9 Å². The molecule has 1 atom stereocenters. The molecule has 1 aromatic heterocycles. The van der Waals surface area contributed by atoms with Crippen LogP contribution in [0.3, 0.4) is 0 Å². The van der Waals surface area contributed by atoms with E-state index < -0.39 is 0 Å². The Balaban J connectivity index is 2.64. The van der Waals surface area contributed by atoms with Crippen molar-refractivity contribution < 1.29 is 0 Å². The number of nitrogens with two attached hydrogens (primary N) is 1. The largest absolute Gasteiger partial charge is 0.327 e. The second kappa shape index (κ2) is 6.66. The summed E-state index contributed by atoms with van der Waals surface area (Å²) in [5, 5.41) is 5.81. The maximum atomic E-state index is 6.29. The third-order valence-electron chi connectivity index (χ3n) is 2.60. The zero-order valence-corrected chi connectivity index (χ0v) is 12.6. The van der Waals surface area contributed by atoms with Gasteiger partial charge in [0.25, 0.3) is 0 Å². The Morgan fingerprint density at radius 2 is 2.12 bits per heavy atom. The summed E-state index contributed by atoms with van der Waals surface area (Å²) in [5.41, 5.74) is 8.14. The molecule has 0 aromatic carbocycles. The Hall–Kier alpha value is -0.190. The molecule has 0 radical (unpaired) electrons. The maximum Gasteiger partial charge on any atom is 0.0850 e. The van der Waals surface area contributed by atoms with Gasteiger partial charge in [0.1, 0.15) is 0 Å². The SMILES string of the molecule is CCc1nn(C)c(CC(N)CSC(C)C)c1Cl. The van der Waals surface area contributed by atoms with Gasteiger partial charge in [-0.2, -0.15) is 16.9 Å². The lowest BCUT2D eigenvalue weighted by atomic mass is 10.2. The molecule has 98 valence electrons. The second-order valence-electron chi connectivity index (χ2n) is 4.53. The van der Waals surface area contributed by atoms with Crippen LogP contribution in [0.15, 0.2) is 0 Å². The highest BCUT2D eigenvalue weighted by molar-refractivity contribution is 7.99. The van der Waals surface area contributed by atoms with Crippen molar-refractivity contribution in [3.05, 3.63) is 16.4 Å². The highest BCUT2D eigenvalue weighted by atomic mass is 35.5. The Morgan fingerprint density at radius 3 is 2.59 bits per heavy atom. The van der Waals surface area contributed by atoms with E-state index in [-0.39, 0.29) is 6.04 Å². The Morgan fingerprint density at radius 1 is 1.47 bits per heavy atom. The van der Waals surface area contributed by atoms with Gasteiger partial charge in [0.2, 0.25) is 0 Å². The average molecular weight is 276 g/mol. The Kier molecular flexibility index (Phi) is 5.83. The first-order valence-electron chi connectivity index (χ1n) is 6.03. The van der Waals surface area contributed by atoms with Gasteiger partial charge < -0.3 is 5.73 Å². The zero-order valence-electron chi connectivity index (χ0n) is 11.0. The van der Waals surface area contributed by atoms with Crippen LogP contribution in [0.25, 0.3) is 0 Å². The van der Waals surface area contributed by atoms with E-state index in [1.165, 1.54) is 0 Å². The van der Waals surface area contributed by atoms with Crippen LogP contribution >= 0.6 is 23.4 Å². The summed E-state index contributed by atoms with van der Waals surface area (Å²) >= 11 is 8.18. The van der Waals surface area contributed by atoms with Crippen molar-refractivity contribution in [1.29, 1.82) is 0 Å². The van der Waals surface area contributed by atoms with Gasteiger partial charge in [-0.1, -0.05) is 32.4 Å². The highest BCUT2D eigenvalue weighted by Gasteiger charge is 2.16. The number of nitrogens with zero attached hydrogens (tertiary/aromatic N) is 2. The molecule has 2 N–H and O–H groups in total. The lowest BCUT2D eigenvalue weighted by molar-refractivity contribution is 0.650. The van der Waals surface area contributed by atoms with E-state index >= 15 is 0 Å². The first-order chi connectivity index (χ1) is 7.95. The summed E-state index contributed by atoms with van der Waals surface area (Å²) in [4.78, 5) is 0. The van der Waals surface area contributed by atoms with E-state index in [0.29, 0.717) is 5.25 Å². The van der Waals surface area contributed by atoms with Crippen LogP contribution in [0, 0.1) is 0 Å². The van der Waals surface area contributed by atoms with E-state index in [0.717, 1.165) is 35.0 Å². The third-order valence-corrected chi connectivity index (χ3v) is 4.33. The lowest BCUT2D eigenvalue weighted by Gasteiger charge is -2.13. The van der Waals surface area contributed by atoms with Crippen molar-refractivity contribution >= 4 is 23.4 Å². The molecule has 0 aliphatic heterocycles. The fraction of sp³-hybridized carbons (Fsp3) is 0.750. The number of hydrogen-bond donors (Lipinski definition) is 1. The minimum atomic E-state index is 0.139. The number of hydrogen-bond acceptors (Lipinski definition) is 3. The fourth-order valence-electron chi connectivity index (χ4n) is 1.66. The van der Waals surface area contributed by atoms with E-state index in [1.807, 2.05) is 23.5 Å². The van der Waals surface area contributed by atoms with Crippen molar-refractivity contribution in [2.45, 2.75) is 44.9 Å². The second-order valence-corrected chi connectivity index (χ2v) is 6.52. The molecule has 0 aliphatic rings. The predicted octanol–water partition coefficient (Wildman–Crippen LogP) is 2.65. The van der Waals surface area contributed by atoms with E-state index in [4.69, 9.17) is 17.3 Å². The van der Waals surface area contributed by atoms with Gasteiger partial charge in [0, 0.05) is 25.3 Å². The van der Waals surface area contributed by atoms with E-state index in [1.54, 1.807) is 0 Å². The standard InChI is InChI=1S/C12H22ClN3S/c1-5-10-12(13)11(16(4)15-10)6-9(14)7-17-8(2)3/h8-9H,5-7,14H2,1-4H3. The van der Waals surface area contributed by atoms with Crippen molar-refractivity contribution in [2.24, 2.45) is 12.8 Å². The fourth-order valence-corrected chi connectivity index (χ4v) is 2.79. The molecule has 17 heavy (non-hydrogen) atoms. The molecule has 3 nitrogen and oxygen atoms in total. The smallest absolute Gasteiger partial charge is 0.0850 e. The van der Waals surface area contributed by atoms with Gasteiger partial charge >= 0.3 is 0 Å². The molecule has 0 bridgehead atoms. The molecular formula is C12H22ClN3S. The monoisotopic (exact) mass is 275 g/mol. The molecular weight excluding hydrogens is 254 g/mol. The van der Waals surface area contributed by atoms with Crippen molar-refractivity contribution in [3.63, 3.8) is 0 Å². The number of thioether (sulfide) groups is 1. The molecule has 1 aromatic rings. The van der Waals surface area contributed by atoms with Crippen LogP contribution in [0.2, 0.25) is 5.02 Å². The summed E-state index contributed by atoms with van der Waals surface area (Å²) in [6.45, 7) is 6.43. The van der Waals surface area contributed by atoms with Crippen molar-refractivity contribution in [2.75, 3.05) is 5.75 Å². The minimum absolute atomic E-state index is 0.139. The van der Waals surface area contributed by atoms with Crippen LogP contribution in [0.1, 0.15) is 32.2 Å². The molecule has 1 heterocycles. The minimum Gasteiger partial charge on any atom is -0.327 e. The maximum absolute atomic E-state index is 6.29. The zero-order chi connectivity index (χ0) is 13.0. The summed E-state index contributed by atoms with van der Waals surface area (Å²) in [5.74, 6) is 0.959. The van der Waals surface area contributed by atoms with Crippen LogP contribution in [-0.2, 0) is 19.9 Å². The Bertz CT molecular complexity index is 363. The number of aromatic nitrogens is 2. The van der Waals surface area contributed by atoms with Gasteiger partial charge in [-0.3, -0.25) is 4.68 Å². The predicted molar refractivity (Wildman–Crippen MR) is 76.9 cm³/mol. The summed E-state index contributed by atoms with van der Waals surface area (Å²) in [6, 6.07) is 0.139. The summed E-state index contributed by atoms with van der Waals surface area (Å²) in [6.07, 6.45) is 1.66. The summed E-state index contributed by atoms with van der Waals surface area (Å²) < 4.78 is 1.86. The number of aryl methyl sites for hydroxylation is 2. The van der Waals surface area contributed by atoms with Crippen molar-refractivity contribution in [1.82, 2.24) is 9.78 Å². The molecule has 0 amide bonds. The van der Waals surface area contributed by atoms with Crippen LogP contribution in [-0.4, -0.2) is 26.8 Å². The first kappa shape index (κ1) is 14.9. The van der Waals surface area contributed by atoms with Gasteiger partial charge in [-0.25, -0.2) is 0 Å². The topological polar surface area (TPSA) is 43.8 Å². The van der Waals surface area contributed by atoms with Crippen LogP contribution in [0.4, 0.5) is 0 Å². The Labute approximate surface area is 113 Å². The average Bonchev–Trinajstić information content (AvgIpc) is 2.53. The van der Waals surface area contributed by atoms with Crippen molar-refractivity contribution in [3.8, 4) is 0 Å². The molecule has 1 unspecified atom stereocenters. The molecule has 0 aliphatic carbocycles. The molecule has 0 fully saturated rings. The van der Waals surface area contributed by atoms with Crippen LogP contribution in [0.5, 0.6) is 0 Å². The summed E-state index contributed by atoms with van der Waals surface area (Å²) in [7, 11) is 1.93. The lowest BCUT2D eigenvalue weighted by Crippen LogP contribution is -2.27. The van der Waals surface area contributed by atoms with Gasteiger partial charge in [0.15, 0.2) is 0 Å². The molecule has 5 heteroatoms. The molecule has 0 saturated carbocycles. The number of rotatable bonds is 6. The quantitative estimate of drug-likeness (QED) is 0.868. The van der Waals surface area contributed by atoms with Gasteiger partial charge in [-0.15, -0.1) is 0 Å². The van der Waals surface area contributed by atoms with Gasteiger partial charge in [-0.05, 0) is 11.7 Å². The highest BCUT2D eigenvalue weighted by Crippen LogP contribution is 2.22. The molecule has 0 saturated heterocycles. The van der Waals surface area contributed by atoms with Crippen LogP contribution < -0.4 is 5.73 Å².